The average molecular weight is 609 g/mol. The molecule has 2 aromatic carbocycles. The van der Waals surface area contributed by atoms with Crippen molar-refractivity contribution in [2.45, 2.75) is 116 Å². The van der Waals surface area contributed by atoms with Gasteiger partial charge in [0.2, 0.25) is 0 Å². The first-order valence-corrected chi connectivity index (χ1v) is 19.7. The summed E-state index contributed by atoms with van der Waals surface area (Å²) in [6.07, 6.45) is 7.08. The van der Waals surface area contributed by atoms with Gasteiger partial charge in [0.1, 0.15) is 24.1 Å². The largest absolute Gasteiger partial charge is 0.459 e. The Balaban J connectivity index is 1.59. The van der Waals surface area contributed by atoms with Crippen LogP contribution >= 0.6 is 0 Å². The molecule has 1 saturated heterocycles. The Hall–Kier alpha value is -2.52. The monoisotopic (exact) mass is 608 g/mol. The maximum absolute atomic E-state index is 13.7. The van der Waals surface area contributed by atoms with Crippen molar-refractivity contribution >= 4 is 24.8 Å². The summed E-state index contributed by atoms with van der Waals surface area (Å²) in [5, 5.41) is 2.35. The maximum Gasteiger partial charge on any atom is 0.317 e. The van der Waals surface area contributed by atoms with Crippen molar-refractivity contribution in [3.63, 3.8) is 0 Å². The van der Waals surface area contributed by atoms with Crippen LogP contribution < -0.4 is 0 Å². The van der Waals surface area contributed by atoms with Gasteiger partial charge in [-0.1, -0.05) is 75.8 Å². The smallest absolute Gasteiger partial charge is 0.317 e. The zero-order valence-electron chi connectivity index (χ0n) is 27.4. The zero-order valence-corrected chi connectivity index (χ0v) is 28.4. The van der Waals surface area contributed by atoms with Crippen molar-refractivity contribution in [3.05, 3.63) is 54.5 Å². The second-order valence-electron chi connectivity index (χ2n) is 14.0. The van der Waals surface area contributed by atoms with Gasteiger partial charge in [0.25, 0.3) is 0 Å². The Morgan fingerprint density at radius 1 is 1.05 bits per heavy atom. The number of fused-ring (bicyclic) bond motifs is 1. The van der Waals surface area contributed by atoms with Gasteiger partial charge >= 0.3 is 5.97 Å². The number of imidazole rings is 1. The molecule has 0 aliphatic carbocycles. The van der Waals surface area contributed by atoms with Gasteiger partial charge in [0, 0.05) is 26.7 Å². The van der Waals surface area contributed by atoms with Crippen LogP contribution in [0.15, 0.2) is 48.7 Å². The molecule has 0 amide bonds. The standard InChI is InChI=1S/C35H52N2O5Si/c1-8-35(40-20-21-41-35)19-13-9-10-16-30(33(38)42-34(2,3)4)32-36-25-31(37(32)26-39-22-23-43(5,6)7)29-18-17-27-14-11-12-15-28(27)24-29/h11-12,14-15,17-18,24-25,30H,8-10,13,16,19-23,26H2,1-7H3. The Morgan fingerprint density at radius 2 is 1.77 bits per heavy atom. The molecule has 236 valence electrons. The van der Waals surface area contributed by atoms with Crippen LogP contribution in [-0.4, -0.2) is 54.8 Å². The molecule has 0 bridgehead atoms. The first-order chi connectivity index (χ1) is 20.4. The number of carbonyl (C=O) groups is 1. The molecule has 3 aromatic rings. The summed E-state index contributed by atoms with van der Waals surface area (Å²) in [6.45, 7) is 17.3. The second kappa shape index (κ2) is 14.5. The summed E-state index contributed by atoms with van der Waals surface area (Å²) in [5.41, 5.74) is 1.41. The predicted molar refractivity (Wildman–Crippen MR) is 176 cm³/mol. The molecule has 1 aliphatic rings. The Kier molecular flexibility index (Phi) is 11.3. The fourth-order valence-corrected chi connectivity index (χ4v) is 6.34. The van der Waals surface area contributed by atoms with Crippen LogP contribution in [0.5, 0.6) is 0 Å². The average Bonchev–Trinajstić information content (AvgIpc) is 3.59. The summed E-state index contributed by atoms with van der Waals surface area (Å²) in [5.74, 6) is -0.465. The molecular weight excluding hydrogens is 556 g/mol. The van der Waals surface area contributed by atoms with Crippen molar-refractivity contribution in [1.82, 2.24) is 9.55 Å². The summed E-state index contributed by atoms with van der Waals surface area (Å²) in [4.78, 5) is 18.6. The molecule has 1 aromatic heterocycles. The highest BCUT2D eigenvalue weighted by molar-refractivity contribution is 6.76. The van der Waals surface area contributed by atoms with E-state index in [1.54, 1.807) is 0 Å². The minimum atomic E-state index is -1.25. The first-order valence-electron chi connectivity index (χ1n) is 16.0. The number of benzene rings is 2. The lowest BCUT2D eigenvalue weighted by Crippen LogP contribution is -2.30. The molecule has 1 fully saturated rings. The number of hydrogen-bond acceptors (Lipinski definition) is 6. The van der Waals surface area contributed by atoms with Gasteiger partial charge in [-0.05, 0) is 62.9 Å². The van der Waals surface area contributed by atoms with Crippen LogP contribution in [0.4, 0.5) is 0 Å². The van der Waals surface area contributed by atoms with E-state index in [9.17, 15) is 4.79 Å². The van der Waals surface area contributed by atoms with E-state index in [1.165, 1.54) is 5.39 Å². The molecule has 4 rings (SSSR count). The van der Waals surface area contributed by atoms with E-state index >= 15 is 0 Å². The number of nitrogens with zero attached hydrogens (tertiary/aromatic N) is 2. The minimum Gasteiger partial charge on any atom is -0.459 e. The van der Waals surface area contributed by atoms with E-state index in [0.29, 0.717) is 38.8 Å². The third-order valence-corrected chi connectivity index (χ3v) is 9.76. The van der Waals surface area contributed by atoms with Crippen LogP contribution in [0.3, 0.4) is 0 Å². The summed E-state index contributed by atoms with van der Waals surface area (Å²) in [7, 11) is -1.25. The SMILES string of the molecule is CCC1(CCCCCC(C(=O)OC(C)(C)C)c2ncc(-c3ccc4ccccc4c3)n2COCC[Si](C)(C)C)OCCO1. The lowest BCUT2D eigenvalue weighted by atomic mass is 9.97. The number of ether oxygens (including phenoxy) is 4. The molecule has 43 heavy (non-hydrogen) atoms. The van der Waals surface area contributed by atoms with Gasteiger partial charge in [-0.25, -0.2) is 4.98 Å². The number of carbonyl (C=O) groups excluding carboxylic acids is 1. The zero-order chi connectivity index (χ0) is 31.1. The second-order valence-corrected chi connectivity index (χ2v) is 19.6. The van der Waals surface area contributed by atoms with Gasteiger partial charge in [-0.2, -0.15) is 0 Å². The van der Waals surface area contributed by atoms with Crippen molar-refractivity contribution < 1.29 is 23.7 Å². The first kappa shape index (κ1) is 33.4. The van der Waals surface area contributed by atoms with E-state index in [1.807, 2.05) is 27.0 Å². The lowest BCUT2D eigenvalue weighted by Gasteiger charge is -2.26. The molecule has 1 atom stereocenters. The lowest BCUT2D eigenvalue weighted by molar-refractivity contribution is -0.164. The topological polar surface area (TPSA) is 71.8 Å². The molecule has 2 heterocycles. The normalized spacial score (nSPS) is 16.1. The quantitative estimate of drug-likeness (QED) is 0.0978. The van der Waals surface area contributed by atoms with E-state index < -0.39 is 25.4 Å². The number of rotatable bonds is 15. The van der Waals surface area contributed by atoms with Gasteiger partial charge in [0.15, 0.2) is 5.79 Å². The summed E-state index contributed by atoms with van der Waals surface area (Å²) >= 11 is 0. The highest BCUT2D eigenvalue weighted by Crippen LogP contribution is 2.33. The minimum absolute atomic E-state index is 0.237. The predicted octanol–water partition coefficient (Wildman–Crippen LogP) is 8.54. The Bertz CT molecular complexity index is 1330. The molecule has 1 unspecified atom stereocenters. The molecule has 0 N–H and O–H groups in total. The van der Waals surface area contributed by atoms with Crippen LogP contribution in [-0.2, 0) is 30.5 Å². The fraction of sp³-hybridized carbons (Fsp3) is 0.600. The van der Waals surface area contributed by atoms with Crippen LogP contribution in [0.2, 0.25) is 25.7 Å². The van der Waals surface area contributed by atoms with Crippen molar-refractivity contribution in [2.24, 2.45) is 0 Å². The summed E-state index contributed by atoms with van der Waals surface area (Å²) < 4.78 is 26.2. The highest BCUT2D eigenvalue weighted by atomic mass is 28.3. The van der Waals surface area contributed by atoms with Crippen LogP contribution in [0, 0.1) is 0 Å². The van der Waals surface area contributed by atoms with E-state index in [4.69, 9.17) is 23.9 Å². The number of unbranched alkanes of at least 4 members (excludes halogenated alkanes) is 2. The molecular formula is C35H52N2O5Si. The van der Waals surface area contributed by atoms with Crippen LogP contribution in [0.25, 0.3) is 22.0 Å². The van der Waals surface area contributed by atoms with Gasteiger partial charge in [0.05, 0.1) is 25.1 Å². The number of aromatic nitrogens is 2. The molecule has 1 aliphatic heterocycles. The number of esters is 1. The maximum atomic E-state index is 13.7. The van der Waals surface area contributed by atoms with Crippen molar-refractivity contribution in [2.75, 3.05) is 19.8 Å². The molecule has 0 saturated carbocycles. The van der Waals surface area contributed by atoms with Gasteiger partial charge in [-0.3, -0.25) is 4.79 Å². The Labute approximate surface area is 259 Å². The third kappa shape index (κ3) is 9.48. The fourth-order valence-electron chi connectivity index (χ4n) is 5.58. The van der Waals surface area contributed by atoms with Crippen molar-refractivity contribution in [3.8, 4) is 11.3 Å². The number of hydrogen-bond donors (Lipinski definition) is 0. The third-order valence-electron chi connectivity index (χ3n) is 8.05. The van der Waals surface area contributed by atoms with Gasteiger partial charge < -0.3 is 23.5 Å². The van der Waals surface area contributed by atoms with E-state index in [0.717, 1.165) is 54.8 Å². The molecule has 7 nitrogen and oxygen atoms in total. The van der Waals surface area contributed by atoms with E-state index in [2.05, 4.69) is 73.6 Å². The van der Waals surface area contributed by atoms with E-state index in [-0.39, 0.29) is 5.97 Å². The molecule has 0 spiro atoms. The Morgan fingerprint density at radius 3 is 2.44 bits per heavy atom. The van der Waals surface area contributed by atoms with Crippen LogP contribution in [0.1, 0.15) is 78.0 Å². The van der Waals surface area contributed by atoms with Gasteiger partial charge in [-0.15, -0.1) is 0 Å². The van der Waals surface area contributed by atoms with Crippen molar-refractivity contribution in [1.29, 1.82) is 0 Å². The highest BCUT2D eigenvalue weighted by Gasteiger charge is 2.34. The molecule has 8 heteroatoms. The summed E-state index contributed by atoms with van der Waals surface area (Å²) in [6, 6.07) is 15.9. The molecule has 0 radical (unpaired) electrons.